The molecule has 0 bridgehead atoms. The minimum atomic E-state index is -0.00835. The van der Waals surface area contributed by atoms with Gasteiger partial charge in [0.05, 0.1) is 5.52 Å². The van der Waals surface area contributed by atoms with Crippen LogP contribution in [0.1, 0.15) is 29.0 Å². The van der Waals surface area contributed by atoms with E-state index in [0.717, 1.165) is 59.9 Å². The summed E-state index contributed by atoms with van der Waals surface area (Å²) >= 11 is 6.06. The Morgan fingerprint density at radius 2 is 1.97 bits per heavy atom. The van der Waals surface area contributed by atoms with Crippen LogP contribution < -0.4 is 4.90 Å². The molecule has 0 saturated carbocycles. The largest absolute Gasteiger partial charge is 0.357 e. The molecule has 3 aromatic rings. The molecule has 1 fully saturated rings. The summed E-state index contributed by atoms with van der Waals surface area (Å²) in [5.41, 5.74) is 2.47. The maximum Gasteiger partial charge on any atom is 0.274 e. The van der Waals surface area contributed by atoms with E-state index in [-0.39, 0.29) is 5.91 Å². The molecule has 4 rings (SSSR count). The van der Waals surface area contributed by atoms with E-state index in [1.54, 1.807) is 9.58 Å². The first kappa shape index (κ1) is 19.7. The Hall–Kier alpha value is -2.60. The molecule has 0 atom stereocenters. The van der Waals surface area contributed by atoms with Gasteiger partial charge in [0.1, 0.15) is 5.82 Å². The van der Waals surface area contributed by atoms with Crippen LogP contribution in [0.4, 0.5) is 5.82 Å². The second-order valence-corrected chi connectivity index (χ2v) is 8.35. The number of carbonyl (C=O) groups is 1. The first-order chi connectivity index (χ1) is 13.9. The van der Waals surface area contributed by atoms with Crippen molar-refractivity contribution in [1.29, 1.82) is 0 Å². The summed E-state index contributed by atoms with van der Waals surface area (Å²) in [5, 5.41) is 6.09. The quantitative estimate of drug-likeness (QED) is 0.653. The van der Waals surface area contributed by atoms with Gasteiger partial charge >= 0.3 is 0 Å². The van der Waals surface area contributed by atoms with Crippen molar-refractivity contribution < 1.29 is 4.79 Å². The van der Waals surface area contributed by atoms with Crippen LogP contribution in [-0.2, 0) is 7.05 Å². The standard InChI is InChI=1S/C22H26ClN5O/c1-15-12-20(25-27(15)3)22(29)26(2)14-16-8-10-28(11-9-16)21-7-4-17-13-18(23)5-6-19(17)24-21/h4-7,12-13,16H,8-11,14H2,1-3H3. The third-order valence-electron chi connectivity index (χ3n) is 5.79. The van der Waals surface area contributed by atoms with Gasteiger partial charge in [-0.2, -0.15) is 5.10 Å². The number of anilines is 1. The fourth-order valence-corrected chi connectivity index (χ4v) is 4.12. The number of benzene rings is 1. The molecule has 0 aliphatic carbocycles. The normalized spacial score (nSPS) is 15.1. The predicted octanol–water partition coefficient (Wildman–Crippen LogP) is 3.92. The molecular formula is C22H26ClN5O. The molecule has 0 N–H and O–H groups in total. The monoisotopic (exact) mass is 411 g/mol. The van der Waals surface area contributed by atoms with E-state index in [9.17, 15) is 4.79 Å². The zero-order chi connectivity index (χ0) is 20.5. The number of amides is 1. The average Bonchev–Trinajstić information content (AvgIpc) is 3.06. The number of halogens is 1. The van der Waals surface area contributed by atoms with Gasteiger partial charge in [0.2, 0.25) is 0 Å². The number of hydrogen-bond donors (Lipinski definition) is 0. The lowest BCUT2D eigenvalue weighted by Crippen LogP contribution is -2.39. The van der Waals surface area contributed by atoms with E-state index in [0.29, 0.717) is 11.6 Å². The van der Waals surface area contributed by atoms with Gasteiger partial charge in [-0.3, -0.25) is 9.48 Å². The summed E-state index contributed by atoms with van der Waals surface area (Å²) in [6.07, 6.45) is 2.08. The number of piperidine rings is 1. The molecule has 1 saturated heterocycles. The number of aromatic nitrogens is 3. The van der Waals surface area contributed by atoms with Crippen LogP contribution in [0, 0.1) is 12.8 Å². The van der Waals surface area contributed by atoms with Gasteiger partial charge in [0, 0.05) is 49.8 Å². The molecule has 29 heavy (non-hydrogen) atoms. The summed E-state index contributed by atoms with van der Waals surface area (Å²) in [7, 11) is 3.73. The summed E-state index contributed by atoms with van der Waals surface area (Å²) < 4.78 is 1.74. The van der Waals surface area contributed by atoms with E-state index in [1.165, 1.54) is 0 Å². The number of hydrogen-bond acceptors (Lipinski definition) is 4. The lowest BCUT2D eigenvalue weighted by molar-refractivity contribution is 0.0758. The van der Waals surface area contributed by atoms with E-state index in [2.05, 4.69) is 22.1 Å². The molecule has 1 amide bonds. The highest BCUT2D eigenvalue weighted by molar-refractivity contribution is 6.31. The second-order valence-electron chi connectivity index (χ2n) is 7.92. The number of aryl methyl sites for hydroxylation is 2. The topological polar surface area (TPSA) is 54.3 Å². The fraction of sp³-hybridized carbons (Fsp3) is 0.409. The van der Waals surface area contributed by atoms with Crippen LogP contribution in [0.25, 0.3) is 10.9 Å². The van der Waals surface area contributed by atoms with Crippen LogP contribution >= 0.6 is 11.6 Å². The fourth-order valence-electron chi connectivity index (χ4n) is 3.94. The molecule has 1 aliphatic heterocycles. The van der Waals surface area contributed by atoms with E-state index in [4.69, 9.17) is 16.6 Å². The Morgan fingerprint density at radius 3 is 2.66 bits per heavy atom. The minimum Gasteiger partial charge on any atom is -0.357 e. The van der Waals surface area contributed by atoms with Crippen LogP contribution in [0.2, 0.25) is 5.02 Å². The predicted molar refractivity (Wildman–Crippen MR) is 117 cm³/mol. The van der Waals surface area contributed by atoms with Gasteiger partial charge in [0.25, 0.3) is 5.91 Å². The molecule has 3 heterocycles. The van der Waals surface area contributed by atoms with Crippen molar-refractivity contribution in [2.24, 2.45) is 13.0 Å². The first-order valence-corrected chi connectivity index (χ1v) is 10.4. The first-order valence-electron chi connectivity index (χ1n) is 9.98. The average molecular weight is 412 g/mol. The molecule has 6 nitrogen and oxygen atoms in total. The minimum absolute atomic E-state index is 0.00835. The van der Waals surface area contributed by atoms with E-state index >= 15 is 0 Å². The van der Waals surface area contributed by atoms with Crippen molar-refractivity contribution in [3.8, 4) is 0 Å². The van der Waals surface area contributed by atoms with Crippen molar-refractivity contribution in [3.63, 3.8) is 0 Å². The number of carbonyl (C=O) groups excluding carboxylic acids is 1. The lowest BCUT2D eigenvalue weighted by Gasteiger charge is -2.34. The van der Waals surface area contributed by atoms with Gasteiger partial charge in [-0.1, -0.05) is 11.6 Å². The van der Waals surface area contributed by atoms with Crippen molar-refractivity contribution in [3.05, 3.63) is 52.8 Å². The Morgan fingerprint density at radius 1 is 1.21 bits per heavy atom. The molecule has 0 unspecified atom stereocenters. The number of fused-ring (bicyclic) bond motifs is 1. The molecule has 0 radical (unpaired) electrons. The summed E-state index contributed by atoms with van der Waals surface area (Å²) in [4.78, 5) is 21.6. The molecule has 152 valence electrons. The third kappa shape index (κ3) is 4.22. The Bertz CT molecular complexity index is 1020. The zero-order valence-electron chi connectivity index (χ0n) is 17.1. The summed E-state index contributed by atoms with van der Waals surface area (Å²) in [6, 6.07) is 11.8. The maximum absolute atomic E-state index is 12.6. The summed E-state index contributed by atoms with van der Waals surface area (Å²) in [5.74, 6) is 1.49. The Balaban J connectivity index is 1.35. The molecular weight excluding hydrogens is 386 g/mol. The number of rotatable bonds is 4. The third-order valence-corrected chi connectivity index (χ3v) is 6.02. The van der Waals surface area contributed by atoms with E-state index in [1.807, 2.05) is 45.3 Å². The van der Waals surface area contributed by atoms with Gasteiger partial charge in [0.15, 0.2) is 5.69 Å². The van der Waals surface area contributed by atoms with Crippen molar-refractivity contribution in [1.82, 2.24) is 19.7 Å². The smallest absolute Gasteiger partial charge is 0.274 e. The van der Waals surface area contributed by atoms with E-state index < -0.39 is 0 Å². The number of pyridine rings is 1. The SMILES string of the molecule is Cc1cc(C(=O)N(C)CC2CCN(c3ccc4cc(Cl)ccc4n3)CC2)nn1C. The zero-order valence-corrected chi connectivity index (χ0v) is 17.9. The highest BCUT2D eigenvalue weighted by Gasteiger charge is 2.24. The molecule has 2 aromatic heterocycles. The maximum atomic E-state index is 12.6. The van der Waals surface area contributed by atoms with Gasteiger partial charge in [-0.05, 0) is 62.1 Å². The molecule has 0 spiro atoms. The van der Waals surface area contributed by atoms with Crippen LogP contribution in [0.5, 0.6) is 0 Å². The Kier molecular flexibility index (Phi) is 5.46. The van der Waals surface area contributed by atoms with Crippen molar-refractivity contribution >= 4 is 34.2 Å². The lowest BCUT2D eigenvalue weighted by atomic mass is 9.96. The molecule has 7 heteroatoms. The van der Waals surface area contributed by atoms with Gasteiger partial charge < -0.3 is 9.80 Å². The molecule has 1 aromatic carbocycles. The summed E-state index contributed by atoms with van der Waals surface area (Å²) in [6.45, 7) is 4.60. The highest BCUT2D eigenvalue weighted by Crippen LogP contribution is 2.26. The van der Waals surface area contributed by atoms with Crippen LogP contribution in [0.15, 0.2) is 36.4 Å². The highest BCUT2D eigenvalue weighted by atomic mass is 35.5. The second kappa shape index (κ2) is 8.03. The van der Waals surface area contributed by atoms with Crippen LogP contribution in [-0.4, -0.2) is 52.3 Å². The van der Waals surface area contributed by atoms with Crippen LogP contribution in [0.3, 0.4) is 0 Å². The molecule has 1 aliphatic rings. The van der Waals surface area contributed by atoms with Crippen molar-refractivity contribution in [2.75, 3.05) is 31.6 Å². The van der Waals surface area contributed by atoms with Gasteiger partial charge in [-0.25, -0.2) is 4.98 Å². The number of nitrogens with zero attached hydrogens (tertiary/aromatic N) is 5. The Labute approximate surface area is 176 Å². The van der Waals surface area contributed by atoms with Gasteiger partial charge in [-0.15, -0.1) is 0 Å². The van der Waals surface area contributed by atoms with Crippen molar-refractivity contribution in [2.45, 2.75) is 19.8 Å².